The molecule has 0 radical (unpaired) electrons. The van der Waals surface area contributed by atoms with E-state index in [0.29, 0.717) is 6.54 Å². The summed E-state index contributed by atoms with van der Waals surface area (Å²) >= 11 is 5.23. The molecule has 0 aliphatic rings. The molecule has 0 amide bonds. The number of thiophene rings is 1. The molecule has 1 aromatic heterocycles. The molecule has 4 heteroatoms. The van der Waals surface area contributed by atoms with Crippen LogP contribution in [0.5, 0.6) is 5.75 Å². The molecule has 0 aliphatic carbocycles. The largest absolute Gasteiger partial charge is 0.484 e. The van der Waals surface area contributed by atoms with Gasteiger partial charge in [0.2, 0.25) is 0 Å². The summed E-state index contributed by atoms with van der Waals surface area (Å²) in [7, 11) is 0. The first-order valence-electron chi connectivity index (χ1n) is 5.78. The van der Waals surface area contributed by atoms with Crippen molar-refractivity contribution in [3.05, 3.63) is 50.1 Å². The lowest BCUT2D eigenvalue weighted by molar-refractivity contribution is 0.218. The van der Waals surface area contributed by atoms with Crippen LogP contribution < -0.4 is 10.5 Å². The van der Waals surface area contributed by atoms with Crippen LogP contribution in [0.2, 0.25) is 0 Å². The number of hydrogen-bond donors (Lipinski definition) is 1. The van der Waals surface area contributed by atoms with Gasteiger partial charge in [0.25, 0.3) is 0 Å². The van der Waals surface area contributed by atoms with Crippen LogP contribution >= 0.6 is 27.3 Å². The van der Waals surface area contributed by atoms with Crippen molar-refractivity contribution in [2.45, 2.75) is 20.0 Å². The van der Waals surface area contributed by atoms with Crippen LogP contribution in [-0.2, 0) is 0 Å². The average molecular weight is 326 g/mol. The van der Waals surface area contributed by atoms with E-state index in [1.54, 1.807) is 11.3 Å². The molecule has 18 heavy (non-hydrogen) atoms. The molecule has 96 valence electrons. The number of hydrogen-bond acceptors (Lipinski definition) is 3. The normalized spacial score (nSPS) is 12.4. The molecule has 1 unspecified atom stereocenters. The molecule has 2 rings (SSSR count). The Morgan fingerprint density at radius 1 is 1.33 bits per heavy atom. The van der Waals surface area contributed by atoms with Gasteiger partial charge < -0.3 is 10.5 Å². The molecule has 0 spiro atoms. The minimum Gasteiger partial charge on any atom is -0.484 e. The lowest BCUT2D eigenvalue weighted by Gasteiger charge is -2.17. The van der Waals surface area contributed by atoms with Crippen molar-refractivity contribution >= 4 is 27.3 Å². The molecule has 0 aliphatic heterocycles. The van der Waals surface area contributed by atoms with Gasteiger partial charge in [-0.05, 0) is 48.6 Å². The summed E-state index contributed by atoms with van der Waals surface area (Å²) in [5, 5.41) is 2.04. The summed E-state index contributed by atoms with van der Waals surface area (Å²) in [5.41, 5.74) is 8.14. The maximum atomic E-state index is 5.99. The Labute approximate surface area is 120 Å². The molecule has 1 heterocycles. The van der Waals surface area contributed by atoms with Crippen molar-refractivity contribution in [2.75, 3.05) is 6.54 Å². The van der Waals surface area contributed by atoms with E-state index in [4.69, 9.17) is 10.5 Å². The minimum absolute atomic E-state index is 0.0648. The third-order valence-corrected chi connectivity index (χ3v) is 4.98. The summed E-state index contributed by atoms with van der Waals surface area (Å²) in [6, 6.07) is 8.14. The quantitative estimate of drug-likeness (QED) is 0.914. The summed E-state index contributed by atoms with van der Waals surface area (Å²) in [6.45, 7) is 4.60. The average Bonchev–Trinajstić information content (AvgIpc) is 2.86. The predicted octanol–water partition coefficient (Wildman–Crippen LogP) is 4.21. The molecule has 0 fully saturated rings. The molecule has 2 aromatic rings. The van der Waals surface area contributed by atoms with Crippen LogP contribution in [-0.4, -0.2) is 6.54 Å². The van der Waals surface area contributed by atoms with Gasteiger partial charge in [-0.25, -0.2) is 0 Å². The van der Waals surface area contributed by atoms with E-state index in [1.165, 1.54) is 11.1 Å². The van der Waals surface area contributed by atoms with Gasteiger partial charge in [-0.15, -0.1) is 11.3 Å². The number of nitrogens with two attached hydrogens (primary N) is 1. The van der Waals surface area contributed by atoms with Crippen LogP contribution in [0, 0.1) is 13.8 Å². The number of benzene rings is 1. The van der Waals surface area contributed by atoms with E-state index in [2.05, 4.69) is 35.8 Å². The second kappa shape index (κ2) is 5.87. The number of rotatable bonds is 4. The zero-order valence-electron chi connectivity index (χ0n) is 10.4. The van der Waals surface area contributed by atoms with E-state index in [0.717, 1.165) is 15.1 Å². The Balaban J connectivity index is 2.23. The number of ether oxygens (including phenoxy) is 1. The van der Waals surface area contributed by atoms with Gasteiger partial charge in [0, 0.05) is 15.9 Å². The topological polar surface area (TPSA) is 35.2 Å². The van der Waals surface area contributed by atoms with Crippen LogP contribution in [0.3, 0.4) is 0 Å². The molecular weight excluding hydrogens is 310 g/mol. The van der Waals surface area contributed by atoms with Gasteiger partial charge in [-0.3, -0.25) is 0 Å². The van der Waals surface area contributed by atoms with Crippen molar-refractivity contribution in [2.24, 2.45) is 5.73 Å². The lowest BCUT2D eigenvalue weighted by atomic mass is 10.1. The Morgan fingerprint density at radius 2 is 2.00 bits per heavy atom. The van der Waals surface area contributed by atoms with Crippen LogP contribution in [0.4, 0.5) is 0 Å². The third kappa shape index (κ3) is 2.94. The van der Waals surface area contributed by atoms with Gasteiger partial charge >= 0.3 is 0 Å². The third-order valence-electron chi connectivity index (χ3n) is 2.76. The van der Waals surface area contributed by atoms with Gasteiger partial charge in [0.05, 0.1) is 0 Å². The zero-order valence-corrected chi connectivity index (χ0v) is 12.8. The smallest absolute Gasteiger partial charge is 0.145 e. The highest BCUT2D eigenvalue weighted by atomic mass is 79.9. The standard InChI is InChI=1S/C14H16BrNOS/c1-9-6-11(7-10(2)14(9)15)17-12(8-16)13-4-3-5-18-13/h3-7,12H,8,16H2,1-2H3. The maximum absolute atomic E-state index is 5.99. The highest BCUT2D eigenvalue weighted by Crippen LogP contribution is 2.30. The Morgan fingerprint density at radius 3 is 2.50 bits per heavy atom. The first-order valence-corrected chi connectivity index (χ1v) is 7.46. The molecule has 2 nitrogen and oxygen atoms in total. The van der Waals surface area contributed by atoms with E-state index in [9.17, 15) is 0 Å². The highest BCUT2D eigenvalue weighted by molar-refractivity contribution is 9.10. The van der Waals surface area contributed by atoms with Crippen molar-refractivity contribution in [1.29, 1.82) is 0 Å². The molecule has 0 bridgehead atoms. The zero-order chi connectivity index (χ0) is 13.1. The molecule has 0 saturated carbocycles. The molecule has 2 N–H and O–H groups in total. The van der Waals surface area contributed by atoms with Crippen molar-refractivity contribution in [3.8, 4) is 5.75 Å². The number of halogens is 1. The lowest BCUT2D eigenvalue weighted by Crippen LogP contribution is -2.17. The van der Waals surface area contributed by atoms with Crippen LogP contribution in [0.15, 0.2) is 34.1 Å². The second-order valence-corrected chi connectivity index (χ2v) is 6.00. The highest BCUT2D eigenvalue weighted by Gasteiger charge is 2.13. The fourth-order valence-corrected chi connectivity index (χ4v) is 2.83. The van der Waals surface area contributed by atoms with Gasteiger partial charge in [0.15, 0.2) is 0 Å². The number of aryl methyl sites for hydroxylation is 2. The summed E-state index contributed by atoms with van der Waals surface area (Å²) < 4.78 is 7.12. The Hall–Kier alpha value is -0.840. The first kappa shape index (κ1) is 13.6. The fourth-order valence-electron chi connectivity index (χ4n) is 1.84. The van der Waals surface area contributed by atoms with E-state index in [1.807, 2.05) is 23.6 Å². The van der Waals surface area contributed by atoms with Gasteiger partial charge in [0.1, 0.15) is 11.9 Å². The molecular formula is C14H16BrNOS. The SMILES string of the molecule is Cc1cc(OC(CN)c2cccs2)cc(C)c1Br. The van der Waals surface area contributed by atoms with E-state index < -0.39 is 0 Å². The summed E-state index contributed by atoms with van der Waals surface area (Å²) in [4.78, 5) is 1.16. The first-order chi connectivity index (χ1) is 8.61. The fraction of sp³-hybridized carbons (Fsp3) is 0.286. The Bertz CT molecular complexity index is 502. The monoisotopic (exact) mass is 325 g/mol. The van der Waals surface area contributed by atoms with Gasteiger partial charge in [-0.1, -0.05) is 22.0 Å². The second-order valence-electron chi connectivity index (χ2n) is 4.23. The Kier molecular flexibility index (Phi) is 4.43. The molecule has 1 aromatic carbocycles. The van der Waals surface area contributed by atoms with Crippen LogP contribution in [0.1, 0.15) is 22.1 Å². The molecule has 0 saturated heterocycles. The van der Waals surface area contributed by atoms with Gasteiger partial charge in [-0.2, -0.15) is 0 Å². The predicted molar refractivity (Wildman–Crippen MR) is 80.4 cm³/mol. The summed E-state index contributed by atoms with van der Waals surface area (Å²) in [6.07, 6.45) is -0.0648. The van der Waals surface area contributed by atoms with Crippen molar-refractivity contribution in [3.63, 3.8) is 0 Å². The van der Waals surface area contributed by atoms with Crippen molar-refractivity contribution in [1.82, 2.24) is 0 Å². The molecule has 1 atom stereocenters. The van der Waals surface area contributed by atoms with Crippen molar-refractivity contribution < 1.29 is 4.74 Å². The maximum Gasteiger partial charge on any atom is 0.145 e. The van der Waals surface area contributed by atoms with Crippen LogP contribution in [0.25, 0.3) is 0 Å². The van der Waals surface area contributed by atoms with E-state index in [-0.39, 0.29) is 6.10 Å². The minimum atomic E-state index is -0.0648. The summed E-state index contributed by atoms with van der Waals surface area (Å²) in [5.74, 6) is 0.872. The van der Waals surface area contributed by atoms with E-state index >= 15 is 0 Å².